The SMILES string of the molecule is CCS(=O)(=O)CCNS(=O)(=O)c1[nH]ncc1C(=O)O. The number of rotatable bonds is 7. The van der Waals surface area contributed by atoms with E-state index in [2.05, 4.69) is 10.2 Å². The van der Waals surface area contributed by atoms with Crippen molar-refractivity contribution in [2.75, 3.05) is 18.1 Å². The van der Waals surface area contributed by atoms with Gasteiger partial charge in [-0.1, -0.05) is 6.92 Å². The first-order valence-corrected chi connectivity index (χ1v) is 8.47. The van der Waals surface area contributed by atoms with Gasteiger partial charge >= 0.3 is 5.97 Å². The van der Waals surface area contributed by atoms with Gasteiger partial charge < -0.3 is 5.11 Å². The zero-order chi connectivity index (χ0) is 14.7. The van der Waals surface area contributed by atoms with Gasteiger partial charge in [-0.3, -0.25) is 5.10 Å². The van der Waals surface area contributed by atoms with E-state index >= 15 is 0 Å². The van der Waals surface area contributed by atoms with Crippen molar-refractivity contribution < 1.29 is 26.7 Å². The third-order valence-electron chi connectivity index (χ3n) is 2.25. The Balaban J connectivity index is 2.83. The van der Waals surface area contributed by atoms with E-state index < -0.39 is 36.4 Å². The molecule has 0 amide bonds. The van der Waals surface area contributed by atoms with E-state index in [0.29, 0.717) is 0 Å². The lowest BCUT2D eigenvalue weighted by Crippen LogP contribution is -2.30. The molecule has 11 heteroatoms. The maximum absolute atomic E-state index is 11.8. The van der Waals surface area contributed by atoms with Crippen LogP contribution in [-0.4, -0.2) is 56.2 Å². The van der Waals surface area contributed by atoms with E-state index in [1.165, 1.54) is 6.92 Å². The Morgan fingerprint density at radius 3 is 2.58 bits per heavy atom. The molecule has 0 fully saturated rings. The second kappa shape index (κ2) is 5.67. The Bertz CT molecular complexity index is 660. The number of carboxylic acid groups (broad SMARTS) is 1. The van der Waals surface area contributed by atoms with E-state index in [1.807, 2.05) is 4.72 Å². The van der Waals surface area contributed by atoms with Crippen LogP contribution in [0.15, 0.2) is 11.2 Å². The molecule has 1 aromatic heterocycles. The summed E-state index contributed by atoms with van der Waals surface area (Å²) in [4.78, 5) is 10.8. The summed E-state index contributed by atoms with van der Waals surface area (Å²) in [6.45, 7) is 1.11. The van der Waals surface area contributed by atoms with Crippen molar-refractivity contribution in [3.8, 4) is 0 Å². The van der Waals surface area contributed by atoms with Gasteiger partial charge in [-0.25, -0.2) is 26.4 Å². The Hall–Kier alpha value is -1.46. The molecule has 0 atom stereocenters. The van der Waals surface area contributed by atoms with Gasteiger partial charge in [0.05, 0.1) is 11.9 Å². The number of carbonyl (C=O) groups is 1. The van der Waals surface area contributed by atoms with Crippen molar-refractivity contribution >= 4 is 25.8 Å². The summed E-state index contributed by atoms with van der Waals surface area (Å²) in [5.41, 5.74) is -0.508. The van der Waals surface area contributed by atoms with Gasteiger partial charge in [0.25, 0.3) is 10.0 Å². The number of hydrogen-bond donors (Lipinski definition) is 3. The first-order chi connectivity index (χ1) is 8.69. The van der Waals surface area contributed by atoms with Gasteiger partial charge in [-0.15, -0.1) is 0 Å². The van der Waals surface area contributed by atoms with Gasteiger partial charge in [0, 0.05) is 12.3 Å². The summed E-state index contributed by atoms with van der Waals surface area (Å²) in [6, 6.07) is 0. The number of nitrogens with one attached hydrogen (secondary N) is 2. The molecule has 19 heavy (non-hydrogen) atoms. The molecule has 0 saturated carbocycles. The van der Waals surface area contributed by atoms with Crippen molar-refractivity contribution in [1.29, 1.82) is 0 Å². The molecule has 0 aromatic carbocycles. The van der Waals surface area contributed by atoms with E-state index in [1.54, 1.807) is 0 Å². The zero-order valence-electron chi connectivity index (χ0n) is 9.95. The molecular formula is C8H13N3O6S2. The fraction of sp³-hybridized carbons (Fsp3) is 0.500. The molecule has 3 N–H and O–H groups in total. The molecule has 0 spiro atoms. The largest absolute Gasteiger partial charge is 0.478 e. The van der Waals surface area contributed by atoms with Crippen LogP contribution in [0.3, 0.4) is 0 Å². The maximum atomic E-state index is 11.8. The maximum Gasteiger partial charge on any atom is 0.340 e. The van der Waals surface area contributed by atoms with Crippen LogP contribution in [0.1, 0.15) is 17.3 Å². The highest BCUT2D eigenvalue weighted by Gasteiger charge is 2.24. The molecule has 1 heterocycles. The predicted octanol–water partition coefficient (Wildman–Crippen LogP) is -1.18. The van der Waals surface area contributed by atoms with Crippen LogP contribution in [0.25, 0.3) is 0 Å². The van der Waals surface area contributed by atoms with Gasteiger partial charge in [0.1, 0.15) is 5.56 Å². The van der Waals surface area contributed by atoms with E-state index in [9.17, 15) is 21.6 Å². The van der Waals surface area contributed by atoms with Crippen molar-refractivity contribution in [1.82, 2.24) is 14.9 Å². The van der Waals surface area contributed by atoms with E-state index in [-0.39, 0.29) is 18.1 Å². The number of H-pyrrole nitrogens is 1. The second-order valence-corrected chi connectivity index (χ2v) is 7.73. The molecule has 0 bridgehead atoms. The average molecular weight is 311 g/mol. The van der Waals surface area contributed by atoms with Gasteiger partial charge in [-0.2, -0.15) is 5.10 Å². The highest BCUT2D eigenvalue weighted by Crippen LogP contribution is 2.11. The highest BCUT2D eigenvalue weighted by molar-refractivity contribution is 7.91. The second-order valence-electron chi connectivity index (χ2n) is 3.55. The zero-order valence-corrected chi connectivity index (χ0v) is 11.6. The molecule has 1 rings (SSSR count). The summed E-state index contributed by atoms with van der Waals surface area (Å²) in [7, 11) is -7.44. The minimum Gasteiger partial charge on any atom is -0.478 e. The Morgan fingerprint density at radius 1 is 1.42 bits per heavy atom. The molecule has 108 valence electrons. The standard InChI is InChI=1S/C8H13N3O6S2/c1-2-18(14,15)4-3-10-19(16,17)7-6(8(12)13)5-9-11-7/h5,10H,2-4H2,1H3,(H,9,11)(H,12,13). The highest BCUT2D eigenvalue weighted by atomic mass is 32.2. The number of carboxylic acids is 1. The number of sulfone groups is 1. The van der Waals surface area contributed by atoms with Crippen molar-refractivity contribution in [2.24, 2.45) is 0 Å². The lowest BCUT2D eigenvalue weighted by molar-refractivity contribution is 0.0692. The van der Waals surface area contributed by atoms with Crippen LogP contribution in [0.2, 0.25) is 0 Å². The number of aromatic nitrogens is 2. The molecule has 1 aromatic rings. The van der Waals surface area contributed by atoms with Crippen LogP contribution in [-0.2, 0) is 19.9 Å². The number of aromatic carboxylic acids is 1. The van der Waals surface area contributed by atoms with Crippen molar-refractivity contribution in [3.05, 3.63) is 11.8 Å². The van der Waals surface area contributed by atoms with Crippen LogP contribution < -0.4 is 4.72 Å². The summed E-state index contributed by atoms with van der Waals surface area (Å²) in [5, 5.41) is 13.6. The monoisotopic (exact) mass is 311 g/mol. The Labute approximate surface area is 110 Å². The first kappa shape index (κ1) is 15.6. The molecule has 0 radical (unpaired) electrons. The third kappa shape index (κ3) is 4.01. The Kier molecular flexibility index (Phi) is 4.66. The van der Waals surface area contributed by atoms with Crippen molar-refractivity contribution in [3.63, 3.8) is 0 Å². The summed E-state index contributed by atoms with van der Waals surface area (Å²) in [5.74, 6) is -1.91. The lowest BCUT2D eigenvalue weighted by atomic mass is 10.4. The fourth-order valence-corrected chi connectivity index (χ4v) is 3.13. The molecule has 0 saturated heterocycles. The topological polar surface area (TPSA) is 146 Å². The summed E-state index contributed by atoms with van der Waals surface area (Å²) in [6.07, 6.45) is 0.861. The smallest absolute Gasteiger partial charge is 0.340 e. The lowest BCUT2D eigenvalue weighted by Gasteiger charge is -2.05. The molecular weight excluding hydrogens is 298 g/mol. The Morgan fingerprint density at radius 2 is 2.05 bits per heavy atom. The number of sulfonamides is 1. The quantitative estimate of drug-likeness (QED) is 0.574. The third-order valence-corrected chi connectivity index (χ3v) is 5.39. The van der Waals surface area contributed by atoms with Crippen LogP contribution >= 0.6 is 0 Å². The number of hydrogen-bond acceptors (Lipinski definition) is 6. The number of aromatic amines is 1. The fourth-order valence-electron chi connectivity index (χ4n) is 1.18. The normalized spacial score (nSPS) is 12.5. The predicted molar refractivity (Wildman–Crippen MR) is 65.1 cm³/mol. The minimum atomic E-state index is -4.14. The summed E-state index contributed by atoms with van der Waals surface area (Å²) < 4.78 is 47.9. The van der Waals surface area contributed by atoms with Crippen molar-refractivity contribution in [2.45, 2.75) is 11.9 Å². The first-order valence-electron chi connectivity index (χ1n) is 5.16. The van der Waals surface area contributed by atoms with Gasteiger partial charge in [0.2, 0.25) is 0 Å². The van der Waals surface area contributed by atoms with Gasteiger partial charge in [-0.05, 0) is 0 Å². The van der Waals surface area contributed by atoms with Gasteiger partial charge in [0.15, 0.2) is 14.9 Å². The average Bonchev–Trinajstić information content (AvgIpc) is 2.78. The van der Waals surface area contributed by atoms with E-state index in [4.69, 9.17) is 5.11 Å². The molecule has 0 aliphatic rings. The molecule has 0 aliphatic carbocycles. The molecule has 0 aliphatic heterocycles. The summed E-state index contributed by atoms with van der Waals surface area (Å²) >= 11 is 0. The number of nitrogens with zero attached hydrogens (tertiary/aromatic N) is 1. The van der Waals surface area contributed by atoms with E-state index in [0.717, 1.165) is 6.20 Å². The minimum absolute atomic E-state index is 0.0981. The molecule has 0 unspecified atom stereocenters. The van der Waals surface area contributed by atoms with Crippen LogP contribution in [0.5, 0.6) is 0 Å². The van der Waals surface area contributed by atoms with Crippen LogP contribution in [0.4, 0.5) is 0 Å². The molecule has 9 nitrogen and oxygen atoms in total. The van der Waals surface area contributed by atoms with Crippen LogP contribution in [0, 0.1) is 0 Å².